The summed E-state index contributed by atoms with van der Waals surface area (Å²) >= 11 is 1.39. The summed E-state index contributed by atoms with van der Waals surface area (Å²) in [5.74, 6) is -0.276. The van der Waals surface area contributed by atoms with Crippen molar-refractivity contribution in [3.8, 4) is 0 Å². The van der Waals surface area contributed by atoms with Gasteiger partial charge in [-0.05, 0) is 30.2 Å². The molecule has 0 radical (unpaired) electrons. The molecule has 2 heterocycles. The van der Waals surface area contributed by atoms with E-state index in [1.54, 1.807) is 40.1 Å². The summed E-state index contributed by atoms with van der Waals surface area (Å²) in [4.78, 5) is 41.4. The summed E-state index contributed by atoms with van der Waals surface area (Å²) in [5.41, 5.74) is 1.14. The second-order valence-electron chi connectivity index (χ2n) is 7.66. The van der Waals surface area contributed by atoms with Gasteiger partial charge in [-0.3, -0.25) is 14.4 Å². The van der Waals surface area contributed by atoms with Crippen molar-refractivity contribution in [3.05, 3.63) is 71.5 Å². The highest BCUT2D eigenvalue weighted by atomic mass is 32.2. The zero-order valence-electron chi connectivity index (χ0n) is 17.0. The number of amides is 3. The molecule has 0 bridgehead atoms. The number of piperazine rings is 1. The second-order valence-corrected chi connectivity index (χ2v) is 8.90. The quantitative estimate of drug-likeness (QED) is 0.788. The average Bonchev–Trinajstić information content (AvgIpc) is 2.81. The highest BCUT2D eigenvalue weighted by Crippen LogP contribution is 2.24. The number of rotatable bonds is 4. The molecule has 2 aromatic carbocycles. The van der Waals surface area contributed by atoms with E-state index in [1.807, 2.05) is 18.2 Å². The number of carbonyl (C=O) groups is 3. The standard InChI is InChI=1S/C23H24FN3O3S/c24-18-9-5-4-8-17(18)14-20-21(28)25-19(15-31-20)23(30)27-12-10-26(11-13-27)22(29)16-6-2-1-3-7-16/h1-9,19-20H,10-15H2,(H,25,28)/t19-,20+/m1/s1. The van der Waals surface area contributed by atoms with Gasteiger partial charge >= 0.3 is 0 Å². The van der Waals surface area contributed by atoms with Crippen molar-refractivity contribution in [3.63, 3.8) is 0 Å². The van der Waals surface area contributed by atoms with E-state index in [0.717, 1.165) is 0 Å². The van der Waals surface area contributed by atoms with Crippen molar-refractivity contribution in [2.45, 2.75) is 17.7 Å². The minimum atomic E-state index is -0.592. The van der Waals surface area contributed by atoms with Gasteiger partial charge in [-0.2, -0.15) is 0 Å². The molecule has 31 heavy (non-hydrogen) atoms. The van der Waals surface area contributed by atoms with Gasteiger partial charge in [-0.1, -0.05) is 36.4 Å². The maximum absolute atomic E-state index is 13.9. The molecule has 0 saturated carbocycles. The fourth-order valence-corrected chi connectivity index (χ4v) is 5.02. The maximum atomic E-state index is 13.9. The van der Waals surface area contributed by atoms with E-state index >= 15 is 0 Å². The van der Waals surface area contributed by atoms with Gasteiger partial charge in [0.2, 0.25) is 11.8 Å². The predicted molar refractivity (Wildman–Crippen MR) is 117 cm³/mol. The predicted octanol–water partition coefficient (Wildman–Crippen LogP) is 1.95. The number of carbonyl (C=O) groups excluding carboxylic acids is 3. The van der Waals surface area contributed by atoms with Gasteiger partial charge in [0.25, 0.3) is 5.91 Å². The van der Waals surface area contributed by atoms with Crippen LogP contribution in [0.3, 0.4) is 0 Å². The third kappa shape index (κ3) is 4.90. The Morgan fingerprint density at radius 3 is 2.29 bits per heavy atom. The first kappa shape index (κ1) is 21.4. The van der Waals surface area contributed by atoms with Gasteiger partial charge in [0.05, 0.1) is 5.25 Å². The van der Waals surface area contributed by atoms with Crippen LogP contribution in [0.15, 0.2) is 54.6 Å². The second kappa shape index (κ2) is 9.51. The highest BCUT2D eigenvalue weighted by molar-refractivity contribution is 8.00. The van der Waals surface area contributed by atoms with Crippen molar-refractivity contribution in [1.82, 2.24) is 15.1 Å². The summed E-state index contributed by atoms with van der Waals surface area (Å²) in [6, 6.07) is 14.9. The van der Waals surface area contributed by atoms with E-state index < -0.39 is 11.3 Å². The molecule has 2 aromatic rings. The average molecular weight is 442 g/mol. The molecule has 6 nitrogen and oxygen atoms in total. The summed E-state index contributed by atoms with van der Waals surface area (Å²) in [6.07, 6.45) is 0.296. The van der Waals surface area contributed by atoms with E-state index in [0.29, 0.717) is 49.5 Å². The normalized spacial score (nSPS) is 21.5. The molecule has 0 spiro atoms. The fourth-order valence-electron chi connectivity index (χ4n) is 3.86. The minimum absolute atomic E-state index is 0.0368. The fraction of sp³-hybridized carbons (Fsp3) is 0.348. The van der Waals surface area contributed by atoms with Crippen LogP contribution in [0.1, 0.15) is 15.9 Å². The molecule has 1 N–H and O–H groups in total. The van der Waals surface area contributed by atoms with E-state index in [4.69, 9.17) is 0 Å². The molecule has 162 valence electrons. The van der Waals surface area contributed by atoms with E-state index in [-0.39, 0.29) is 23.5 Å². The van der Waals surface area contributed by atoms with Crippen LogP contribution in [-0.2, 0) is 16.0 Å². The topological polar surface area (TPSA) is 69.7 Å². The third-order valence-corrected chi connectivity index (χ3v) is 6.94. The Kier molecular flexibility index (Phi) is 6.56. The van der Waals surface area contributed by atoms with Crippen LogP contribution in [0.4, 0.5) is 4.39 Å². The lowest BCUT2D eigenvalue weighted by Gasteiger charge is -2.38. The number of hydrogen-bond acceptors (Lipinski definition) is 4. The van der Waals surface area contributed by atoms with Crippen LogP contribution < -0.4 is 5.32 Å². The molecule has 4 rings (SSSR count). The van der Waals surface area contributed by atoms with Gasteiger partial charge in [-0.15, -0.1) is 11.8 Å². The first-order valence-corrected chi connectivity index (χ1v) is 11.4. The number of benzene rings is 2. The Morgan fingerprint density at radius 2 is 1.61 bits per heavy atom. The number of halogens is 1. The van der Waals surface area contributed by atoms with Crippen molar-refractivity contribution >= 4 is 29.5 Å². The number of thioether (sulfide) groups is 1. The summed E-state index contributed by atoms with van der Waals surface area (Å²) in [5, 5.41) is 2.39. The van der Waals surface area contributed by atoms with Crippen LogP contribution in [0, 0.1) is 5.82 Å². The van der Waals surface area contributed by atoms with E-state index in [1.165, 1.54) is 17.8 Å². The maximum Gasteiger partial charge on any atom is 0.253 e. The van der Waals surface area contributed by atoms with E-state index in [2.05, 4.69) is 5.32 Å². The Labute approximate surface area is 184 Å². The highest BCUT2D eigenvalue weighted by Gasteiger charge is 2.36. The number of hydrogen-bond donors (Lipinski definition) is 1. The minimum Gasteiger partial charge on any atom is -0.343 e. The monoisotopic (exact) mass is 441 g/mol. The zero-order valence-corrected chi connectivity index (χ0v) is 17.8. The lowest BCUT2D eigenvalue weighted by Crippen LogP contribution is -2.59. The van der Waals surface area contributed by atoms with Gasteiger partial charge < -0.3 is 15.1 Å². The first-order valence-electron chi connectivity index (χ1n) is 10.3. The third-order valence-electron chi connectivity index (χ3n) is 5.63. The Hall–Kier alpha value is -2.87. The summed E-state index contributed by atoms with van der Waals surface area (Å²) in [7, 11) is 0. The lowest BCUT2D eigenvalue weighted by atomic mass is 10.1. The number of nitrogens with zero attached hydrogens (tertiary/aromatic N) is 2. The first-order chi connectivity index (χ1) is 15.0. The largest absolute Gasteiger partial charge is 0.343 e. The van der Waals surface area contributed by atoms with Gasteiger partial charge in [-0.25, -0.2) is 4.39 Å². The molecule has 2 aliphatic rings. The Bertz CT molecular complexity index is 964. The van der Waals surface area contributed by atoms with E-state index in [9.17, 15) is 18.8 Å². The van der Waals surface area contributed by atoms with Crippen LogP contribution in [0.2, 0.25) is 0 Å². The molecule has 3 amide bonds. The number of nitrogens with one attached hydrogen (secondary N) is 1. The smallest absolute Gasteiger partial charge is 0.253 e. The molecule has 0 unspecified atom stereocenters. The molecule has 8 heteroatoms. The molecule has 2 fully saturated rings. The van der Waals surface area contributed by atoms with Crippen LogP contribution in [0.25, 0.3) is 0 Å². The van der Waals surface area contributed by atoms with Gasteiger partial charge in [0, 0.05) is 37.5 Å². The van der Waals surface area contributed by atoms with Crippen molar-refractivity contribution in [2.24, 2.45) is 0 Å². The molecule has 2 aliphatic heterocycles. The van der Waals surface area contributed by atoms with Gasteiger partial charge in [0.1, 0.15) is 11.9 Å². The Morgan fingerprint density at radius 1 is 0.968 bits per heavy atom. The zero-order chi connectivity index (χ0) is 21.8. The van der Waals surface area contributed by atoms with Gasteiger partial charge in [0.15, 0.2) is 0 Å². The molecule has 0 aliphatic carbocycles. The summed E-state index contributed by atoms with van der Waals surface area (Å²) in [6.45, 7) is 1.80. The van der Waals surface area contributed by atoms with Crippen LogP contribution >= 0.6 is 11.8 Å². The van der Waals surface area contributed by atoms with Crippen molar-refractivity contribution in [2.75, 3.05) is 31.9 Å². The van der Waals surface area contributed by atoms with Crippen LogP contribution in [-0.4, -0.2) is 70.7 Å². The molecule has 0 aromatic heterocycles. The molecular weight excluding hydrogens is 417 g/mol. The summed E-state index contributed by atoms with van der Waals surface area (Å²) < 4.78 is 13.9. The molecular formula is C23H24FN3O3S. The molecule has 2 atom stereocenters. The Balaban J connectivity index is 1.29. The SMILES string of the molecule is O=C1N[C@@H](C(=O)N2CCN(C(=O)c3ccccc3)CC2)CS[C@H]1Cc1ccccc1F. The molecule has 2 saturated heterocycles. The van der Waals surface area contributed by atoms with Crippen molar-refractivity contribution in [1.29, 1.82) is 0 Å². The van der Waals surface area contributed by atoms with Crippen molar-refractivity contribution < 1.29 is 18.8 Å². The lowest BCUT2D eigenvalue weighted by molar-refractivity contribution is -0.137. The van der Waals surface area contributed by atoms with Crippen LogP contribution in [0.5, 0.6) is 0 Å².